The van der Waals surface area contributed by atoms with Crippen LogP contribution < -0.4 is 15.0 Å². The molecule has 0 radical (unpaired) electrons. The Labute approximate surface area is 156 Å². The molecule has 27 heavy (non-hydrogen) atoms. The summed E-state index contributed by atoms with van der Waals surface area (Å²) < 4.78 is 5.37. The Hall–Kier alpha value is -3.35. The second-order valence-electron chi connectivity index (χ2n) is 6.16. The van der Waals surface area contributed by atoms with Crippen LogP contribution in [0.2, 0.25) is 0 Å². The number of carbonyl (C=O) groups is 3. The van der Waals surface area contributed by atoms with Gasteiger partial charge < -0.3 is 20.1 Å². The number of carboxylic acid groups (broad SMARTS) is 1. The summed E-state index contributed by atoms with van der Waals surface area (Å²) in [5.41, 5.74) is 1.26. The fourth-order valence-electron chi connectivity index (χ4n) is 2.95. The van der Waals surface area contributed by atoms with Crippen molar-refractivity contribution in [1.29, 1.82) is 0 Å². The van der Waals surface area contributed by atoms with Gasteiger partial charge in [-0.1, -0.05) is 42.5 Å². The first-order chi connectivity index (χ1) is 13.1. The number of hydrogen-bond acceptors (Lipinski definition) is 4. The van der Waals surface area contributed by atoms with Gasteiger partial charge in [-0.3, -0.25) is 14.4 Å². The van der Waals surface area contributed by atoms with Crippen molar-refractivity contribution in [2.75, 3.05) is 24.6 Å². The summed E-state index contributed by atoms with van der Waals surface area (Å²) in [7, 11) is 0. The number of carboxylic acids is 1. The highest BCUT2D eigenvalue weighted by atomic mass is 16.5. The van der Waals surface area contributed by atoms with E-state index < -0.39 is 11.9 Å². The lowest BCUT2D eigenvalue weighted by atomic mass is 9.99. The quantitative estimate of drug-likeness (QED) is 0.777. The molecule has 2 aromatic carbocycles. The van der Waals surface area contributed by atoms with Crippen molar-refractivity contribution in [3.05, 3.63) is 60.2 Å². The zero-order valence-corrected chi connectivity index (χ0v) is 14.6. The molecule has 0 aromatic heterocycles. The molecule has 1 unspecified atom stereocenters. The van der Waals surface area contributed by atoms with Gasteiger partial charge in [0.25, 0.3) is 5.91 Å². The average molecular weight is 368 g/mol. The lowest BCUT2D eigenvalue weighted by Gasteiger charge is -2.29. The van der Waals surface area contributed by atoms with Crippen LogP contribution in [0.4, 0.5) is 5.69 Å². The third kappa shape index (κ3) is 4.44. The van der Waals surface area contributed by atoms with Crippen molar-refractivity contribution in [2.24, 2.45) is 0 Å². The summed E-state index contributed by atoms with van der Waals surface area (Å²) in [4.78, 5) is 37.3. The third-order valence-corrected chi connectivity index (χ3v) is 4.37. The van der Waals surface area contributed by atoms with Crippen molar-refractivity contribution in [3.63, 3.8) is 0 Å². The molecule has 140 valence electrons. The number of para-hydroxylation sites is 2. The molecule has 1 aliphatic rings. The van der Waals surface area contributed by atoms with Gasteiger partial charge in [-0.05, 0) is 17.7 Å². The SMILES string of the molecule is O=C(CCN1C(=O)COc2ccccc21)NCC(C(=O)O)c1ccccc1. The molecule has 0 bridgehead atoms. The molecule has 2 aromatic rings. The molecule has 1 heterocycles. The topological polar surface area (TPSA) is 95.9 Å². The minimum atomic E-state index is -1.00. The number of carbonyl (C=O) groups excluding carboxylic acids is 2. The lowest BCUT2D eigenvalue weighted by Crippen LogP contribution is -2.41. The van der Waals surface area contributed by atoms with E-state index in [1.807, 2.05) is 6.07 Å². The van der Waals surface area contributed by atoms with Crippen LogP contribution in [0.25, 0.3) is 0 Å². The van der Waals surface area contributed by atoms with E-state index in [4.69, 9.17) is 4.74 Å². The molecule has 2 N–H and O–H groups in total. The van der Waals surface area contributed by atoms with Gasteiger partial charge in [0.15, 0.2) is 6.61 Å². The number of hydrogen-bond donors (Lipinski definition) is 2. The fourth-order valence-corrected chi connectivity index (χ4v) is 2.95. The molecule has 3 rings (SSSR count). The van der Waals surface area contributed by atoms with Crippen LogP contribution >= 0.6 is 0 Å². The van der Waals surface area contributed by atoms with Crippen LogP contribution in [0.15, 0.2) is 54.6 Å². The Kier molecular flexibility index (Phi) is 5.71. The van der Waals surface area contributed by atoms with Gasteiger partial charge in [0.05, 0.1) is 11.6 Å². The summed E-state index contributed by atoms with van der Waals surface area (Å²) in [5.74, 6) is -1.74. The number of aliphatic carboxylic acids is 1. The van der Waals surface area contributed by atoms with E-state index in [9.17, 15) is 19.5 Å². The summed E-state index contributed by atoms with van der Waals surface area (Å²) >= 11 is 0. The highest BCUT2D eigenvalue weighted by molar-refractivity contribution is 5.98. The normalized spacial score (nSPS) is 14.1. The number of benzene rings is 2. The van der Waals surface area contributed by atoms with E-state index in [0.29, 0.717) is 17.0 Å². The lowest BCUT2D eigenvalue weighted by molar-refractivity contribution is -0.138. The number of nitrogens with one attached hydrogen (secondary N) is 1. The predicted octanol–water partition coefficient (Wildman–Crippen LogP) is 1.79. The Morgan fingerprint density at radius 1 is 1.11 bits per heavy atom. The molecule has 0 spiro atoms. The van der Waals surface area contributed by atoms with Crippen LogP contribution in [0.1, 0.15) is 17.9 Å². The molecule has 2 amide bonds. The second-order valence-corrected chi connectivity index (χ2v) is 6.16. The second kappa shape index (κ2) is 8.35. The van der Waals surface area contributed by atoms with Crippen LogP contribution in [0, 0.1) is 0 Å². The van der Waals surface area contributed by atoms with Gasteiger partial charge >= 0.3 is 5.97 Å². The third-order valence-electron chi connectivity index (χ3n) is 4.37. The molecule has 7 nitrogen and oxygen atoms in total. The van der Waals surface area contributed by atoms with Crippen molar-refractivity contribution in [3.8, 4) is 5.75 Å². The molecule has 1 atom stereocenters. The van der Waals surface area contributed by atoms with Gasteiger partial charge in [0.2, 0.25) is 5.91 Å². The summed E-state index contributed by atoms with van der Waals surface area (Å²) in [6.07, 6.45) is 0.0706. The van der Waals surface area contributed by atoms with Crippen molar-refractivity contribution < 1.29 is 24.2 Å². The Morgan fingerprint density at radius 2 is 1.81 bits per heavy atom. The van der Waals surface area contributed by atoms with Crippen LogP contribution in [0.3, 0.4) is 0 Å². The van der Waals surface area contributed by atoms with Gasteiger partial charge in [-0.15, -0.1) is 0 Å². The first-order valence-electron chi connectivity index (χ1n) is 8.63. The van der Waals surface area contributed by atoms with Gasteiger partial charge in [-0.25, -0.2) is 0 Å². The highest BCUT2D eigenvalue weighted by Crippen LogP contribution is 2.31. The van der Waals surface area contributed by atoms with Gasteiger partial charge in [0, 0.05) is 19.5 Å². The summed E-state index contributed by atoms with van der Waals surface area (Å²) in [5, 5.41) is 12.1. The number of nitrogens with zero attached hydrogens (tertiary/aromatic N) is 1. The maximum Gasteiger partial charge on any atom is 0.312 e. The number of ether oxygens (including phenoxy) is 1. The minimum absolute atomic E-state index is 0.00811. The van der Waals surface area contributed by atoms with E-state index in [0.717, 1.165) is 0 Å². The van der Waals surface area contributed by atoms with Crippen LogP contribution in [-0.2, 0) is 14.4 Å². The molecule has 0 fully saturated rings. The number of rotatable bonds is 7. The number of amides is 2. The average Bonchev–Trinajstić information content (AvgIpc) is 2.68. The highest BCUT2D eigenvalue weighted by Gasteiger charge is 2.26. The molecule has 0 aliphatic carbocycles. The predicted molar refractivity (Wildman–Crippen MR) is 98.7 cm³/mol. The Morgan fingerprint density at radius 3 is 2.56 bits per heavy atom. The molecule has 0 saturated heterocycles. The van der Waals surface area contributed by atoms with E-state index >= 15 is 0 Å². The minimum Gasteiger partial charge on any atom is -0.482 e. The largest absolute Gasteiger partial charge is 0.482 e. The molecular weight excluding hydrogens is 348 g/mol. The van der Waals surface area contributed by atoms with E-state index in [2.05, 4.69) is 5.32 Å². The standard InChI is InChI=1S/C20H20N2O5/c23-18(21-12-15(20(25)26)14-6-2-1-3-7-14)10-11-22-16-8-4-5-9-17(16)27-13-19(22)24/h1-9,15H,10-13H2,(H,21,23)(H,25,26). The smallest absolute Gasteiger partial charge is 0.312 e. The first kappa shape index (κ1) is 18.4. The molecule has 7 heteroatoms. The van der Waals surface area contributed by atoms with Gasteiger partial charge in [0.1, 0.15) is 5.75 Å². The summed E-state index contributed by atoms with van der Waals surface area (Å²) in [6.45, 7) is 0.133. The maximum atomic E-state index is 12.2. The van der Waals surface area contributed by atoms with Gasteiger partial charge in [-0.2, -0.15) is 0 Å². The fraction of sp³-hybridized carbons (Fsp3) is 0.250. The van der Waals surface area contributed by atoms with Crippen LogP contribution in [-0.4, -0.2) is 42.6 Å². The van der Waals surface area contributed by atoms with Crippen LogP contribution in [0.5, 0.6) is 5.75 Å². The zero-order valence-electron chi connectivity index (χ0n) is 14.6. The number of fused-ring (bicyclic) bond motifs is 1. The zero-order chi connectivity index (χ0) is 19.2. The van der Waals surface area contributed by atoms with E-state index in [1.165, 1.54) is 4.90 Å². The van der Waals surface area contributed by atoms with E-state index in [-0.39, 0.29) is 37.9 Å². The monoisotopic (exact) mass is 368 g/mol. The first-order valence-corrected chi connectivity index (χ1v) is 8.63. The Bertz CT molecular complexity index is 837. The number of anilines is 1. The molecule has 0 saturated carbocycles. The van der Waals surface area contributed by atoms with E-state index in [1.54, 1.807) is 48.5 Å². The Balaban J connectivity index is 1.57. The summed E-state index contributed by atoms with van der Waals surface area (Å²) in [6, 6.07) is 15.9. The van der Waals surface area contributed by atoms with Crippen molar-refractivity contribution >= 4 is 23.5 Å². The molecular formula is C20H20N2O5. The van der Waals surface area contributed by atoms with Crippen molar-refractivity contribution in [2.45, 2.75) is 12.3 Å². The van der Waals surface area contributed by atoms with Crippen molar-refractivity contribution in [1.82, 2.24) is 5.32 Å². The maximum absolute atomic E-state index is 12.2. The molecule has 1 aliphatic heterocycles.